The van der Waals surface area contributed by atoms with Crippen molar-refractivity contribution in [2.75, 3.05) is 6.54 Å². The van der Waals surface area contributed by atoms with E-state index in [0.717, 1.165) is 24.9 Å². The molecule has 17 heavy (non-hydrogen) atoms. The van der Waals surface area contributed by atoms with Crippen LogP contribution in [0.4, 0.5) is 0 Å². The van der Waals surface area contributed by atoms with Gasteiger partial charge < -0.3 is 15.2 Å². The van der Waals surface area contributed by atoms with E-state index in [0.29, 0.717) is 0 Å². The Kier molecular flexibility index (Phi) is 4.12. The molecule has 0 spiro atoms. The van der Waals surface area contributed by atoms with Crippen molar-refractivity contribution in [3.05, 3.63) is 35.9 Å². The third kappa shape index (κ3) is 3.28. The van der Waals surface area contributed by atoms with Crippen LogP contribution in [0.2, 0.25) is 0 Å². The van der Waals surface area contributed by atoms with Gasteiger partial charge in [0.1, 0.15) is 6.61 Å². The van der Waals surface area contributed by atoms with Gasteiger partial charge in [0.05, 0.1) is 0 Å². The maximum absolute atomic E-state index is 11.6. The summed E-state index contributed by atoms with van der Waals surface area (Å²) in [5, 5.41) is 12.8. The van der Waals surface area contributed by atoms with Gasteiger partial charge in [-0.1, -0.05) is 30.3 Å². The third-order valence-electron chi connectivity index (χ3n) is 2.94. The highest BCUT2D eigenvalue weighted by Gasteiger charge is 2.29. The molecule has 4 nitrogen and oxygen atoms in total. The molecule has 1 aliphatic heterocycles. The van der Waals surface area contributed by atoms with Crippen molar-refractivity contribution >= 4 is 5.97 Å². The van der Waals surface area contributed by atoms with Crippen LogP contribution in [0.3, 0.4) is 0 Å². The summed E-state index contributed by atoms with van der Waals surface area (Å²) < 4.78 is 5.07. The van der Waals surface area contributed by atoms with Crippen molar-refractivity contribution in [2.45, 2.75) is 31.6 Å². The van der Waals surface area contributed by atoms with E-state index in [1.807, 2.05) is 30.3 Å². The van der Waals surface area contributed by atoms with Crippen molar-refractivity contribution in [3.63, 3.8) is 0 Å². The molecule has 0 aromatic heterocycles. The number of hydrogen-bond donors (Lipinski definition) is 2. The standard InChI is InChI=1S/C13H17NO3/c15-12(11-7-4-8-14-11)13(16)17-9-10-5-2-1-3-6-10/h1-3,5-6,11-12,14-15H,4,7-9H2/t11-,12?/m1/s1. The number of aliphatic hydroxyl groups excluding tert-OH is 1. The highest BCUT2D eigenvalue weighted by Crippen LogP contribution is 2.11. The Bertz CT molecular complexity index is 360. The van der Waals surface area contributed by atoms with Gasteiger partial charge in [0.15, 0.2) is 6.10 Å². The van der Waals surface area contributed by atoms with Gasteiger partial charge in [0.2, 0.25) is 0 Å². The van der Waals surface area contributed by atoms with E-state index in [1.165, 1.54) is 0 Å². The Morgan fingerprint density at radius 1 is 1.47 bits per heavy atom. The van der Waals surface area contributed by atoms with Gasteiger partial charge in [-0.15, -0.1) is 0 Å². The first-order valence-electron chi connectivity index (χ1n) is 5.89. The van der Waals surface area contributed by atoms with Crippen LogP contribution in [-0.2, 0) is 16.1 Å². The Balaban J connectivity index is 1.80. The molecule has 2 rings (SSSR count). The summed E-state index contributed by atoms with van der Waals surface area (Å²) in [5.41, 5.74) is 0.924. The van der Waals surface area contributed by atoms with Gasteiger partial charge >= 0.3 is 5.97 Å². The fraction of sp³-hybridized carbons (Fsp3) is 0.462. The molecule has 1 aromatic carbocycles. The summed E-state index contributed by atoms with van der Waals surface area (Å²) in [5.74, 6) is -0.548. The molecule has 92 valence electrons. The third-order valence-corrected chi connectivity index (χ3v) is 2.94. The number of hydrogen-bond acceptors (Lipinski definition) is 4. The van der Waals surface area contributed by atoms with E-state index in [2.05, 4.69) is 5.32 Å². The second kappa shape index (κ2) is 5.80. The number of esters is 1. The summed E-state index contributed by atoms with van der Waals surface area (Å²) in [6.45, 7) is 1.07. The average molecular weight is 235 g/mol. The lowest BCUT2D eigenvalue weighted by Crippen LogP contribution is -2.41. The number of ether oxygens (including phenoxy) is 1. The van der Waals surface area contributed by atoms with Crippen molar-refractivity contribution in [1.29, 1.82) is 0 Å². The van der Waals surface area contributed by atoms with Crippen LogP contribution < -0.4 is 5.32 Å². The van der Waals surface area contributed by atoms with Crippen molar-refractivity contribution < 1.29 is 14.6 Å². The van der Waals surface area contributed by atoms with Crippen LogP contribution in [0.15, 0.2) is 30.3 Å². The number of rotatable bonds is 4. The Morgan fingerprint density at radius 2 is 2.24 bits per heavy atom. The second-order valence-electron chi connectivity index (χ2n) is 4.24. The first kappa shape index (κ1) is 12.1. The first-order chi connectivity index (χ1) is 8.27. The highest BCUT2D eigenvalue weighted by atomic mass is 16.5. The minimum Gasteiger partial charge on any atom is -0.459 e. The number of carbonyl (C=O) groups is 1. The zero-order valence-electron chi connectivity index (χ0n) is 9.63. The molecule has 1 aromatic rings. The van der Waals surface area contributed by atoms with E-state index >= 15 is 0 Å². The van der Waals surface area contributed by atoms with Gasteiger partial charge in [0.25, 0.3) is 0 Å². The van der Waals surface area contributed by atoms with E-state index in [-0.39, 0.29) is 12.6 Å². The monoisotopic (exact) mass is 235 g/mol. The van der Waals surface area contributed by atoms with Crippen LogP contribution in [-0.4, -0.2) is 29.8 Å². The number of nitrogens with one attached hydrogen (secondary N) is 1. The van der Waals surface area contributed by atoms with Crippen molar-refractivity contribution in [1.82, 2.24) is 5.32 Å². The molecule has 1 heterocycles. The van der Waals surface area contributed by atoms with E-state index < -0.39 is 12.1 Å². The molecular formula is C13H17NO3. The predicted octanol–water partition coefficient (Wildman–Crippen LogP) is 0.843. The smallest absolute Gasteiger partial charge is 0.336 e. The average Bonchev–Trinajstić information content (AvgIpc) is 2.90. The molecule has 1 saturated heterocycles. The van der Waals surface area contributed by atoms with Gasteiger partial charge in [-0.3, -0.25) is 0 Å². The van der Waals surface area contributed by atoms with Crippen LogP contribution >= 0.6 is 0 Å². The Morgan fingerprint density at radius 3 is 2.88 bits per heavy atom. The maximum atomic E-state index is 11.6. The highest BCUT2D eigenvalue weighted by molar-refractivity contribution is 5.75. The number of benzene rings is 1. The Hall–Kier alpha value is -1.39. The van der Waals surface area contributed by atoms with Crippen LogP contribution in [0, 0.1) is 0 Å². The quantitative estimate of drug-likeness (QED) is 0.759. The molecule has 4 heteroatoms. The fourth-order valence-corrected chi connectivity index (χ4v) is 1.96. The van der Waals surface area contributed by atoms with Crippen LogP contribution in [0.1, 0.15) is 18.4 Å². The molecule has 1 aliphatic rings. The lowest BCUT2D eigenvalue weighted by Gasteiger charge is -2.16. The summed E-state index contributed by atoms with van der Waals surface area (Å²) in [7, 11) is 0. The molecule has 0 radical (unpaired) electrons. The molecule has 0 bridgehead atoms. The lowest BCUT2D eigenvalue weighted by molar-refractivity contribution is -0.156. The topological polar surface area (TPSA) is 58.6 Å². The van der Waals surface area contributed by atoms with Crippen LogP contribution in [0.25, 0.3) is 0 Å². The normalized spacial score (nSPS) is 21.1. The summed E-state index contributed by atoms with van der Waals surface area (Å²) >= 11 is 0. The Labute approximate surface area is 101 Å². The SMILES string of the molecule is O=C(OCc1ccccc1)C(O)[C@H]1CCCN1. The van der Waals surface area contributed by atoms with Crippen molar-refractivity contribution in [2.24, 2.45) is 0 Å². The van der Waals surface area contributed by atoms with Gasteiger partial charge in [-0.25, -0.2) is 4.79 Å². The molecular weight excluding hydrogens is 218 g/mol. The van der Waals surface area contributed by atoms with Gasteiger partial charge in [-0.2, -0.15) is 0 Å². The summed E-state index contributed by atoms with van der Waals surface area (Å²) in [6, 6.07) is 9.29. The predicted molar refractivity (Wildman–Crippen MR) is 63.3 cm³/mol. The first-order valence-corrected chi connectivity index (χ1v) is 5.89. The van der Waals surface area contributed by atoms with Crippen LogP contribution in [0.5, 0.6) is 0 Å². The van der Waals surface area contributed by atoms with Gasteiger partial charge in [-0.05, 0) is 24.9 Å². The molecule has 1 unspecified atom stereocenters. The van der Waals surface area contributed by atoms with Gasteiger partial charge in [0, 0.05) is 6.04 Å². The minimum atomic E-state index is -1.05. The summed E-state index contributed by atoms with van der Waals surface area (Å²) in [4.78, 5) is 11.6. The fourth-order valence-electron chi connectivity index (χ4n) is 1.96. The second-order valence-corrected chi connectivity index (χ2v) is 4.24. The molecule has 0 aliphatic carbocycles. The largest absolute Gasteiger partial charge is 0.459 e. The molecule has 2 N–H and O–H groups in total. The lowest BCUT2D eigenvalue weighted by atomic mass is 10.1. The zero-order chi connectivity index (χ0) is 12.1. The minimum absolute atomic E-state index is 0.154. The molecule has 0 amide bonds. The van der Waals surface area contributed by atoms with E-state index in [4.69, 9.17) is 4.74 Å². The molecule has 0 saturated carbocycles. The summed E-state index contributed by atoms with van der Waals surface area (Å²) in [6.07, 6.45) is 0.760. The zero-order valence-corrected chi connectivity index (χ0v) is 9.63. The van der Waals surface area contributed by atoms with Crippen molar-refractivity contribution in [3.8, 4) is 0 Å². The van der Waals surface area contributed by atoms with E-state index in [1.54, 1.807) is 0 Å². The number of aliphatic hydroxyl groups is 1. The molecule has 2 atom stereocenters. The number of carbonyl (C=O) groups excluding carboxylic acids is 1. The van der Waals surface area contributed by atoms with E-state index in [9.17, 15) is 9.90 Å². The molecule has 1 fully saturated rings. The maximum Gasteiger partial charge on any atom is 0.336 e.